The van der Waals surface area contributed by atoms with Gasteiger partial charge >= 0.3 is 0 Å². The van der Waals surface area contributed by atoms with Crippen LogP contribution in [-0.4, -0.2) is 60.4 Å². The Labute approximate surface area is 166 Å². The van der Waals surface area contributed by atoms with Crippen molar-refractivity contribution in [1.29, 1.82) is 0 Å². The van der Waals surface area contributed by atoms with Crippen molar-refractivity contribution in [3.8, 4) is 0 Å². The molecular formula is C23H27N3O2. The monoisotopic (exact) mass is 377 g/mol. The largest absolute Gasteiger partial charge is 0.352 e. The highest BCUT2D eigenvalue weighted by Crippen LogP contribution is 2.19. The van der Waals surface area contributed by atoms with Crippen molar-refractivity contribution >= 4 is 22.6 Å². The number of likely N-dealkylation sites (tertiary alicyclic amines) is 1. The van der Waals surface area contributed by atoms with Crippen molar-refractivity contribution in [2.75, 3.05) is 32.7 Å². The minimum atomic E-state index is -0.126. The van der Waals surface area contributed by atoms with Gasteiger partial charge in [0.1, 0.15) is 0 Å². The molecule has 5 nitrogen and oxygen atoms in total. The van der Waals surface area contributed by atoms with E-state index in [1.54, 1.807) is 0 Å². The number of rotatable bonds is 5. The third-order valence-corrected chi connectivity index (χ3v) is 5.82. The molecule has 0 aliphatic carbocycles. The van der Waals surface area contributed by atoms with Crippen molar-refractivity contribution in [2.45, 2.75) is 25.3 Å². The Morgan fingerprint density at radius 1 is 0.964 bits per heavy atom. The number of carbonyl (C=O) groups excluding carboxylic acids is 2. The Kier molecular flexibility index (Phi) is 5.72. The van der Waals surface area contributed by atoms with Crippen LogP contribution in [0.5, 0.6) is 0 Å². The van der Waals surface area contributed by atoms with E-state index in [2.05, 4.69) is 22.4 Å². The minimum absolute atomic E-state index is 0.126. The molecule has 2 aromatic rings. The summed E-state index contributed by atoms with van der Waals surface area (Å²) >= 11 is 0. The Morgan fingerprint density at radius 3 is 2.43 bits per heavy atom. The minimum Gasteiger partial charge on any atom is -0.352 e. The van der Waals surface area contributed by atoms with Crippen LogP contribution in [0.2, 0.25) is 0 Å². The molecule has 1 fully saturated rings. The summed E-state index contributed by atoms with van der Waals surface area (Å²) in [5.41, 5.74) is 0.631. The Hall–Kier alpha value is -2.66. The summed E-state index contributed by atoms with van der Waals surface area (Å²) in [6.07, 6.45) is 6.87. The highest BCUT2D eigenvalue weighted by atomic mass is 16.2. The van der Waals surface area contributed by atoms with Crippen molar-refractivity contribution < 1.29 is 9.59 Å². The van der Waals surface area contributed by atoms with Crippen LogP contribution in [0.25, 0.3) is 10.8 Å². The fourth-order valence-corrected chi connectivity index (χ4v) is 4.15. The van der Waals surface area contributed by atoms with Crippen LogP contribution in [0.3, 0.4) is 0 Å². The summed E-state index contributed by atoms with van der Waals surface area (Å²) < 4.78 is 0. The van der Waals surface area contributed by atoms with E-state index in [-0.39, 0.29) is 11.8 Å². The molecule has 0 radical (unpaired) electrons. The molecule has 2 amide bonds. The predicted molar refractivity (Wildman–Crippen MR) is 111 cm³/mol. The average molecular weight is 377 g/mol. The summed E-state index contributed by atoms with van der Waals surface area (Å²) in [4.78, 5) is 29.3. The van der Waals surface area contributed by atoms with Gasteiger partial charge in [0, 0.05) is 50.7 Å². The second kappa shape index (κ2) is 8.57. The Bertz CT molecular complexity index is 876. The Balaban J connectivity index is 1.22. The van der Waals surface area contributed by atoms with Crippen LogP contribution in [0.15, 0.2) is 54.6 Å². The molecule has 28 heavy (non-hydrogen) atoms. The maximum absolute atomic E-state index is 12.5. The third kappa shape index (κ3) is 4.25. The summed E-state index contributed by atoms with van der Waals surface area (Å²) in [5.74, 6) is 0.00982. The van der Waals surface area contributed by atoms with E-state index in [1.165, 1.54) is 0 Å². The first-order valence-electron chi connectivity index (χ1n) is 10.1. The first kappa shape index (κ1) is 18.7. The van der Waals surface area contributed by atoms with Gasteiger partial charge in [-0.15, -0.1) is 0 Å². The molecule has 2 aliphatic heterocycles. The van der Waals surface area contributed by atoms with Crippen molar-refractivity contribution in [3.05, 3.63) is 60.2 Å². The van der Waals surface area contributed by atoms with Gasteiger partial charge in [-0.3, -0.25) is 14.5 Å². The molecule has 146 valence electrons. The molecule has 0 spiro atoms. The molecule has 1 saturated heterocycles. The number of fused-ring (bicyclic) bond motifs is 1. The first-order valence-corrected chi connectivity index (χ1v) is 10.1. The lowest BCUT2D eigenvalue weighted by Crippen LogP contribution is -2.46. The number of piperidine rings is 1. The van der Waals surface area contributed by atoms with Gasteiger partial charge in [-0.25, -0.2) is 0 Å². The molecule has 0 saturated carbocycles. The van der Waals surface area contributed by atoms with E-state index >= 15 is 0 Å². The van der Waals surface area contributed by atoms with E-state index < -0.39 is 0 Å². The van der Waals surface area contributed by atoms with Crippen molar-refractivity contribution in [3.63, 3.8) is 0 Å². The highest BCUT2D eigenvalue weighted by Gasteiger charge is 2.26. The molecule has 2 aromatic carbocycles. The van der Waals surface area contributed by atoms with Gasteiger partial charge in [-0.1, -0.05) is 42.5 Å². The second-order valence-electron chi connectivity index (χ2n) is 7.61. The summed E-state index contributed by atoms with van der Waals surface area (Å²) in [7, 11) is 0. The normalized spacial score (nSPS) is 17.9. The van der Waals surface area contributed by atoms with E-state index in [0.717, 1.165) is 49.8 Å². The van der Waals surface area contributed by atoms with Gasteiger partial charge in [-0.05, 0) is 35.7 Å². The SMILES string of the molecule is O=C(NCCC(=O)N1CCC(N2CC=CC2)CC1)c1ccc2ccccc2c1. The fraction of sp³-hybridized carbons (Fsp3) is 0.391. The van der Waals surface area contributed by atoms with Crippen LogP contribution in [0, 0.1) is 0 Å². The average Bonchev–Trinajstić information content (AvgIpc) is 3.28. The van der Waals surface area contributed by atoms with Crippen LogP contribution in [-0.2, 0) is 4.79 Å². The molecule has 0 bridgehead atoms. The molecular weight excluding hydrogens is 350 g/mol. The van der Waals surface area contributed by atoms with E-state index in [9.17, 15) is 9.59 Å². The first-order chi connectivity index (χ1) is 13.7. The lowest BCUT2D eigenvalue weighted by atomic mass is 10.0. The highest BCUT2D eigenvalue weighted by molar-refractivity contribution is 5.98. The van der Waals surface area contributed by atoms with Crippen molar-refractivity contribution in [1.82, 2.24) is 15.1 Å². The zero-order valence-electron chi connectivity index (χ0n) is 16.1. The molecule has 0 atom stereocenters. The molecule has 2 aliphatic rings. The topological polar surface area (TPSA) is 52.7 Å². The zero-order chi connectivity index (χ0) is 19.3. The van der Waals surface area contributed by atoms with Gasteiger partial charge in [-0.2, -0.15) is 0 Å². The number of benzene rings is 2. The third-order valence-electron chi connectivity index (χ3n) is 5.82. The van der Waals surface area contributed by atoms with Crippen LogP contribution < -0.4 is 5.32 Å². The van der Waals surface area contributed by atoms with E-state index in [0.29, 0.717) is 24.6 Å². The lowest BCUT2D eigenvalue weighted by Gasteiger charge is -2.36. The molecule has 4 rings (SSSR count). The number of nitrogens with one attached hydrogen (secondary N) is 1. The number of nitrogens with zero attached hydrogens (tertiary/aromatic N) is 2. The van der Waals surface area contributed by atoms with Crippen molar-refractivity contribution in [2.24, 2.45) is 0 Å². The van der Waals surface area contributed by atoms with Crippen LogP contribution >= 0.6 is 0 Å². The predicted octanol–water partition coefficient (Wildman–Crippen LogP) is 2.82. The summed E-state index contributed by atoms with van der Waals surface area (Å²) in [6, 6.07) is 14.2. The quantitative estimate of drug-likeness (QED) is 0.816. The fourth-order valence-electron chi connectivity index (χ4n) is 4.15. The van der Waals surface area contributed by atoms with Gasteiger partial charge in [0.2, 0.25) is 5.91 Å². The number of hydrogen-bond acceptors (Lipinski definition) is 3. The van der Waals surface area contributed by atoms with E-state index in [4.69, 9.17) is 0 Å². The number of hydrogen-bond donors (Lipinski definition) is 1. The number of carbonyl (C=O) groups is 2. The zero-order valence-corrected chi connectivity index (χ0v) is 16.1. The molecule has 5 heteroatoms. The summed E-state index contributed by atoms with van der Waals surface area (Å²) in [6.45, 7) is 4.09. The molecule has 0 aromatic heterocycles. The second-order valence-corrected chi connectivity index (χ2v) is 7.61. The maximum atomic E-state index is 12.5. The van der Waals surface area contributed by atoms with Crippen LogP contribution in [0.4, 0.5) is 0 Å². The molecule has 2 heterocycles. The molecule has 0 unspecified atom stereocenters. The number of amides is 2. The standard InChI is InChI=1S/C23H27N3O2/c27-22(26-15-10-21(11-16-26)25-13-3-4-14-25)9-12-24-23(28)20-8-7-18-5-1-2-6-19(18)17-20/h1-8,17,21H,9-16H2,(H,24,28). The molecule has 1 N–H and O–H groups in total. The summed E-state index contributed by atoms with van der Waals surface area (Å²) in [5, 5.41) is 5.04. The lowest BCUT2D eigenvalue weighted by molar-refractivity contribution is -0.132. The van der Waals surface area contributed by atoms with Crippen LogP contribution in [0.1, 0.15) is 29.6 Å². The van der Waals surface area contributed by atoms with Gasteiger partial charge in [0.15, 0.2) is 0 Å². The smallest absolute Gasteiger partial charge is 0.251 e. The van der Waals surface area contributed by atoms with Gasteiger partial charge < -0.3 is 10.2 Å². The van der Waals surface area contributed by atoms with Gasteiger partial charge in [0.05, 0.1) is 0 Å². The Morgan fingerprint density at radius 2 is 1.68 bits per heavy atom. The van der Waals surface area contributed by atoms with E-state index in [1.807, 2.05) is 47.4 Å². The van der Waals surface area contributed by atoms with Gasteiger partial charge in [0.25, 0.3) is 5.91 Å². The maximum Gasteiger partial charge on any atom is 0.251 e.